The molecule has 3 rings (SSSR count). The Morgan fingerprint density at radius 3 is 2.75 bits per heavy atom. The van der Waals surface area contributed by atoms with Gasteiger partial charge in [0.15, 0.2) is 0 Å². The Hall–Kier alpha value is -0.500. The van der Waals surface area contributed by atoms with Crippen molar-refractivity contribution in [1.29, 1.82) is 0 Å². The molecular formula is C14H18BrN. The van der Waals surface area contributed by atoms with Crippen LogP contribution in [0.25, 0.3) is 0 Å². The maximum atomic E-state index is 3.69. The van der Waals surface area contributed by atoms with E-state index >= 15 is 0 Å². The lowest BCUT2D eigenvalue weighted by molar-refractivity contribution is 0.571. The van der Waals surface area contributed by atoms with E-state index in [1.54, 1.807) is 0 Å². The molecule has 1 fully saturated rings. The van der Waals surface area contributed by atoms with Gasteiger partial charge in [0.1, 0.15) is 0 Å². The summed E-state index contributed by atoms with van der Waals surface area (Å²) in [7, 11) is 0. The number of halogens is 1. The molecule has 0 N–H and O–H groups in total. The Morgan fingerprint density at radius 2 is 1.94 bits per heavy atom. The predicted octanol–water partition coefficient (Wildman–Crippen LogP) is 4.14. The molecule has 0 amide bonds. The molecule has 1 aromatic carbocycles. The van der Waals surface area contributed by atoms with Crippen molar-refractivity contribution < 1.29 is 0 Å². The average Bonchev–Trinajstić information content (AvgIpc) is 2.82. The number of rotatable bonds is 1. The van der Waals surface area contributed by atoms with E-state index in [-0.39, 0.29) is 0 Å². The molecule has 1 aliphatic carbocycles. The van der Waals surface area contributed by atoms with Gasteiger partial charge in [0.25, 0.3) is 0 Å². The summed E-state index contributed by atoms with van der Waals surface area (Å²) in [6.45, 7) is 1.26. The van der Waals surface area contributed by atoms with E-state index in [1.807, 2.05) is 0 Å². The smallest absolute Gasteiger partial charge is 0.0412 e. The fourth-order valence-electron chi connectivity index (χ4n) is 3.21. The summed E-state index contributed by atoms with van der Waals surface area (Å²) in [5.41, 5.74) is 3.02. The molecule has 0 saturated heterocycles. The van der Waals surface area contributed by atoms with Gasteiger partial charge in [0.05, 0.1) is 0 Å². The SMILES string of the molecule is Brc1cccc2c1CCCN2C1CCCC1. The summed E-state index contributed by atoms with van der Waals surface area (Å²) in [5.74, 6) is 0. The number of nitrogens with zero attached hydrogens (tertiary/aromatic N) is 1. The van der Waals surface area contributed by atoms with E-state index in [4.69, 9.17) is 0 Å². The van der Waals surface area contributed by atoms with Crippen LogP contribution >= 0.6 is 15.9 Å². The van der Waals surface area contributed by atoms with E-state index in [2.05, 4.69) is 39.0 Å². The molecule has 0 unspecified atom stereocenters. The monoisotopic (exact) mass is 279 g/mol. The van der Waals surface area contributed by atoms with Crippen LogP contribution in [-0.4, -0.2) is 12.6 Å². The lowest BCUT2D eigenvalue weighted by atomic mass is 9.99. The van der Waals surface area contributed by atoms with Gasteiger partial charge in [-0.3, -0.25) is 0 Å². The number of hydrogen-bond donors (Lipinski definition) is 0. The summed E-state index contributed by atoms with van der Waals surface area (Å²) in [4.78, 5) is 2.66. The highest BCUT2D eigenvalue weighted by atomic mass is 79.9. The van der Waals surface area contributed by atoms with E-state index in [0.717, 1.165) is 6.04 Å². The van der Waals surface area contributed by atoms with E-state index < -0.39 is 0 Å². The highest BCUT2D eigenvalue weighted by Gasteiger charge is 2.27. The molecule has 1 nitrogen and oxygen atoms in total. The van der Waals surface area contributed by atoms with Crippen molar-refractivity contribution in [3.05, 3.63) is 28.2 Å². The average molecular weight is 280 g/mol. The Morgan fingerprint density at radius 1 is 1.12 bits per heavy atom. The maximum Gasteiger partial charge on any atom is 0.0412 e. The largest absolute Gasteiger partial charge is 0.368 e. The van der Waals surface area contributed by atoms with Crippen molar-refractivity contribution in [3.63, 3.8) is 0 Å². The van der Waals surface area contributed by atoms with Crippen molar-refractivity contribution in [2.45, 2.75) is 44.6 Å². The molecule has 16 heavy (non-hydrogen) atoms. The molecular weight excluding hydrogens is 262 g/mol. The Labute approximate surface area is 106 Å². The highest BCUT2D eigenvalue weighted by molar-refractivity contribution is 9.10. The number of anilines is 1. The summed E-state index contributed by atoms with van der Waals surface area (Å²) in [5, 5.41) is 0. The van der Waals surface area contributed by atoms with Crippen molar-refractivity contribution in [1.82, 2.24) is 0 Å². The van der Waals surface area contributed by atoms with Crippen molar-refractivity contribution in [3.8, 4) is 0 Å². The van der Waals surface area contributed by atoms with Crippen LogP contribution < -0.4 is 4.90 Å². The Balaban J connectivity index is 1.96. The normalized spacial score (nSPS) is 21.2. The second-order valence-corrected chi connectivity index (χ2v) is 5.83. The zero-order valence-electron chi connectivity index (χ0n) is 9.58. The van der Waals surface area contributed by atoms with Gasteiger partial charge in [-0.15, -0.1) is 0 Å². The van der Waals surface area contributed by atoms with Gasteiger partial charge in [-0.05, 0) is 43.4 Å². The zero-order valence-corrected chi connectivity index (χ0v) is 11.2. The minimum atomic E-state index is 0.813. The molecule has 1 heterocycles. The molecule has 1 aliphatic heterocycles. The molecule has 86 valence electrons. The van der Waals surface area contributed by atoms with Gasteiger partial charge >= 0.3 is 0 Å². The molecule has 2 aliphatic rings. The third-order valence-corrected chi connectivity index (χ3v) is 4.74. The van der Waals surface area contributed by atoms with Crippen LogP contribution in [0.5, 0.6) is 0 Å². The fraction of sp³-hybridized carbons (Fsp3) is 0.571. The summed E-state index contributed by atoms with van der Waals surface area (Å²) >= 11 is 3.69. The van der Waals surface area contributed by atoms with Crippen LogP contribution in [0.2, 0.25) is 0 Å². The van der Waals surface area contributed by atoms with Crippen LogP contribution in [0.15, 0.2) is 22.7 Å². The first-order chi connectivity index (χ1) is 7.86. The van der Waals surface area contributed by atoms with Gasteiger partial charge in [-0.2, -0.15) is 0 Å². The second kappa shape index (κ2) is 4.40. The van der Waals surface area contributed by atoms with Crippen LogP contribution in [0, 0.1) is 0 Å². The molecule has 0 bridgehead atoms. The Bertz CT molecular complexity index is 382. The second-order valence-electron chi connectivity index (χ2n) is 4.97. The zero-order chi connectivity index (χ0) is 11.0. The highest BCUT2D eigenvalue weighted by Crippen LogP contribution is 2.37. The molecule has 0 radical (unpaired) electrons. The quantitative estimate of drug-likeness (QED) is 0.747. The number of hydrogen-bond acceptors (Lipinski definition) is 1. The van der Waals surface area contributed by atoms with Gasteiger partial charge in [0, 0.05) is 22.7 Å². The van der Waals surface area contributed by atoms with Crippen molar-refractivity contribution >= 4 is 21.6 Å². The van der Waals surface area contributed by atoms with Crippen LogP contribution in [0.3, 0.4) is 0 Å². The standard InChI is InChI=1S/C14H18BrN/c15-13-8-3-9-14-12(13)7-4-10-16(14)11-5-1-2-6-11/h3,8-9,11H,1-2,4-7,10H2. The minimum Gasteiger partial charge on any atom is -0.368 e. The number of benzene rings is 1. The first-order valence-corrected chi connectivity index (χ1v) is 7.19. The Kier molecular flexibility index (Phi) is 2.93. The van der Waals surface area contributed by atoms with Crippen LogP contribution in [0.1, 0.15) is 37.7 Å². The minimum absolute atomic E-state index is 0.813. The lowest BCUT2D eigenvalue weighted by Crippen LogP contribution is -2.37. The third kappa shape index (κ3) is 1.77. The topological polar surface area (TPSA) is 3.24 Å². The van der Waals surface area contributed by atoms with Crippen molar-refractivity contribution in [2.24, 2.45) is 0 Å². The van der Waals surface area contributed by atoms with E-state index in [1.165, 1.54) is 60.8 Å². The van der Waals surface area contributed by atoms with Gasteiger partial charge in [-0.1, -0.05) is 34.8 Å². The summed E-state index contributed by atoms with van der Waals surface area (Å²) < 4.78 is 1.30. The fourth-order valence-corrected chi connectivity index (χ4v) is 3.76. The molecule has 0 atom stereocenters. The maximum absolute atomic E-state index is 3.69. The molecule has 1 aromatic rings. The van der Waals surface area contributed by atoms with E-state index in [9.17, 15) is 0 Å². The molecule has 1 saturated carbocycles. The molecule has 2 heteroatoms. The molecule has 0 spiro atoms. The van der Waals surface area contributed by atoms with Crippen molar-refractivity contribution in [2.75, 3.05) is 11.4 Å². The lowest BCUT2D eigenvalue weighted by Gasteiger charge is -2.36. The van der Waals surface area contributed by atoms with Crippen LogP contribution in [-0.2, 0) is 6.42 Å². The first-order valence-electron chi connectivity index (χ1n) is 6.40. The number of fused-ring (bicyclic) bond motifs is 1. The first kappa shape index (κ1) is 10.6. The summed E-state index contributed by atoms with van der Waals surface area (Å²) in [6.07, 6.45) is 8.18. The van der Waals surface area contributed by atoms with Gasteiger partial charge in [-0.25, -0.2) is 0 Å². The third-order valence-electron chi connectivity index (χ3n) is 3.99. The summed E-state index contributed by atoms with van der Waals surface area (Å²) in [6, 6.07) is 7.47. The van der Waals surface area contributed by atoms with Crippen LogP contribution in [0.4, 0.5) is 5.69 Å². The molecule has 0 aromatic heterocycles. The predicted molar refractivity (Wildman–Crippen MR) is 72.1 cm³/mol. The van der Waals surface area contributed by atoms with E-state index in [0.29, 0.717) is 0 Å². The van der Waals surface area contributed by atoms with Gasteiger partial charge < -0.3 is 4.90 Å². The van der Waals surface area contributed by atoms with Gasteiger partial charge in [0.2, 0.25) is 0 Å².